The zero-order valence-corrected chi connectivity index (χ0v) is 23.4. The molecule has 6 rings (SSSR count). The van der Waals surface area contributed by atoms with Crippen molar-refractivity contribution in [2.75, 3.05) is 0 Å². The van der Waals surface area contributed by atoms with Crippen molar-refractivity contribution in [2.45, 2.75) is 52.4 Å². The fourth-order valence-corrected chi connectivity index (χ4v) is 5.75. The van der Waals surface area contributed by atoms with Crippen LogP contribution in [-0.4, -0.2) is 24.9 Å². The molecule has 5 aromatic rings. The molecule has 0 spiro atoms. The van der Waals surface area contributed by atoms with E-state index in [0.29, 0.717) is 23.2 Å². The first-order valence-electron chi connectivity index (χ1n) is 13.4. The number of fused-ring (bicyclic) bond motifs is 1. The van der Waals surface area contributed by atoms with Crippen molar-refractivity contribution in [3.63, 3.8) is 0 Å². The lowest BCUT2D eigenvalue weighted by molar-refractivity contribution is 0.125. The Balaban J connectivity index is 1.40. The molecule has 1 aliphatic rings. The molecule has 0 bridgehead atoms. The van der Waals surface area contributed by atoms with Gasteiger partial charge in [0.2, 0.25) is 0 Å². The normalized spacial score (nSPS) is 16.6. The highest BCUT2D eigenvalue weighted by atomic mass is 15.0. The zero-order valence-electron chi connectivity index (χ0n) is 23.4. The van der Waals surface area contributed by atoms with Gasteiger partial charge >= 0.3 is 0 Å². The van der Waals surface area contributed by atoms with Gasteiger partial charge in [-0.15, -0.1) is 0 Å². The van der Waals surface area contributed by atoms with Crippen molar-refractivity contribution in [2.24, 2.45) is 5.41 Å². The average Bonchev–Trinajstić information content (AvgIpc) is 3.07. The summed E-state index contributed by atoms with van der Waals surface area (Å²) in [5.74, 6) is 1.72. The zero-order chi connectivity index (χ0) is 27.4. The molecule has 0 N–H and O–H groups in total. The molecule has 194 valence electrons. The molecular weight excluding hydrogens is 478 g/mol. The van der Waals surface area contributed by atoms with E-state index in [1.54, 1.807) is 6.20 Å². The summed E-state index contributed by atoms with van der Waals surface area (Å²) >= 11 is 0. The first-order chi connectivity index (χ1) is 18.6. The van der Waals surface area contributed by atoms with Gasteiger partial charge in [0.15, 0.2) is 17.5 Å². The molecule has 0 radical (unpaired) electrons. The van der Waals surface area contributed by atoms with Crippen molar-refractivity contribution in [1.82, 2.24) is 24.9 Å². The van der Waals surface area contributed by atoms with Gasteiger partial charge in [0.25, 0.3) is 0 Å². The lowest BCUT2D eigenvalue weighted by Gasteiger charge is -2.44. The number of benzene rings is 2. The SMILES string of the molecule is CC1(C)c2ccc(-c3ccc(-c4nc(-c5ccccc5)nc(-c5ccccn5)n4)cn3)cc2C(C)(C)C1(C)C. The molecule has 1 aliphatic carbocycles. The first-order valence-corrected chi connectivity index (χ1v) is 13.4. The van der Waals surface area contributed by atoms with Crippen LogP contribution in [0.5, 0.6) is 0 Å². The van der Waals surface area contributed by atoms with Crippen molar-refractivity contribution in [1.29, 1.82) is 0 Å². The summed E-state index contributed by atoms with van der Waals surface area (Å²) in [4.78, 5) is 23.6. The summed E-state index contributed by atoms with van der Waals surface area (Å²) in [6.07, 6.45) is 3.60. The summed E-state index contributed by atoms with van der Waals surface area (Å²) in [5.41, 5.74) is 7.61. The maximum Gasteiger partial charge on any atom is 0.182 e. The summed E-state index contributed by atoms with van der Waals surface area (Å²) < 4.78 is 0. The summed E-state index contributed by atoms with van der Waals surface area (Å²) in [7, 11) is 0. The molecule has 39 heavy (non-hydrogen) atoms. The molecule has 0 aliphatic heterocycles. The van der Waals surface area contributed by atoms with Crippen LogP contribution in [0.15, 0.2) is 91.3 Å². The minimum absolute atomic E-state index is 0.0440. The predicted octanol–water partition coefficient (Wildman–Crippen LogP) is 7.92. The van der Waals surface area contributed by atoms with Crippen LogP contribution in [0.2, 0.25) is 0 Å². The molecule has 0 atom stereocenters. The Bertz CT molecular complexity index is 1600. The summed E-state index contributed by atoms with van der Waals surface area (Å²) in [6.45, 7) is 14.2. The van der Waals surface area contributed by atoms with Gasteiger partial charge in [0.05, 0.1) is 5.69 Å². The van der Waals surface area contributed by atoms with Gasteiger partial charge in [-0.25, -0.2) is 15.0 Å². The van der Waals surface area contributed by atoms with Crippen LogP contribution >= 0.6 is 0 Å². The third kappa shape index (κ3) is 3.95. The van der Waals surface area contributed by atoms with E-state index in [1.807, 2.05) is 60.8 Å². The third-order valence-electron chi connectivity index (χ3n) is 9.37. The highest BCUT2D eigenvalue weighted by molar-refractivity contribution is 5.68. The highest BCUT2D eigenvalue weighted by Gasteiger charge is 2.56. The number of nitrogens with zero attached hydrogens (tertiary/aromatic N) is 5. The largest absolute Gasteiger partial charge is 0.255 e. The third-order valence-corrected chi connectivity index (χ3v) is 9.37. The first kappa shape index (κ1) is 25.1. The van der Waals surface area contributed by atoms with E-state index in [2.05, 4.69) is 70.8 Å². The van der Waals surface area contributed by atoms with Crippen LogP contribution < -0.4 is 0 Å². The molecule has 5 heteroatoms. The molecule has 0 saturated heterocycles. The van der Waals surface area contributed by atoms with Crippen molar-refractivity contribution < 1.29 is 0 Å². The monoisotopic (exact) mass is 511 g/mol. The molecule has 0 amide bonds. The molecule has 5 nitrogen and oxygen atoms in total. The number of hydrogen-bond donors (Lipinski definition) is 0. The van der Waals surface area contributed by atoms with E-state index in [0.717, 1.165) is 22.4 Å². The molecule has 0 unspecified atom stereocenters. The van der Waals surface area contributed by atoms with Gasteiger partial charge in [0.1, 0.15) is 5.69 Å². The summed E-state index contributed by atoms with van der Waals surface area (Å²) in [5, 5.41) is 0. The molecular formula is C34H33N5. The van der Waals surface area contributed by atoms with Crippen molar-refractivity contribution in [3.8, 4) is 45.6 Å². The fraction of sp³-hybridized carbons (Fsp3) is 0.265. The van der Waals surface area contributed by atoms with Crippen LogP contribution in [0.1, 0.15) is 52.7 Å². The van der Waals surface area contributed by atoms with Gasteiger partial charge in [-0.1, -0.05) is 90.1 Å². The van der Waals surface area contributed by atoms with E-state index in [9.17, 15) is 0 Å². The second kappa shape index (κ2) is 8.91. The molecule has 0 fully saturated rings. The standard InChI is InChI=1S/C34H33N5/c1-32(2)25-17-15-23(20-26(25)33(3,4)34(32,5)6)27-18-16-24(21-36-27)30-37-29(22-12-8-7-9-13-22)38-31(39-30)28-14-10-11-19-35-28/h7-21H,1-6H3. The van der Waals surface area contributed by atoms with Gasteiger partial charge in [0, 0.05) is 29.1 Å². The lowest BCUT2D eigenvalue weighted by atomic mass is 9.59. The average molecular weight is 512 g/mol. The van der Waals surface area contributed by atoms with Crippen LogP contribution in [0.25, 0.3) is 45.6 Å². The highest BCUT2D eigenvalue weighted by Crippen LogP contribution is 2.61. The van der Waals surface area contributed by atoms with Gasteiger partial charge in [-0.2, -0.15) is 0 Å². The maximum atomic E-state index is 4.86. The Labute approximate surface area is 230 Å². The van der Waals surface area contributed by atoms with Crippen LogP contribution in [0.4, 0.5) is 0 Å². The Hall–Kier alpha value is -4.25. The number of aromatic nitrogens is 5. The minimum Gasteiger partial charge on any atom is -0.255 e. The predicted molar refractivity (Wildman–Crippen MR) is 157 cm³/mol. The second-order valence-electron chi connectivity index (χ2n) is 12.0. The van der Waals surface area contributed by atoms with E-state index >= 15 is 0 Å². The van der Waals surface area contributed by atoms with E-state index in [-0.39, 0.29) is 16.2 Å². The van der Waals surface area contributed by atoms with Crippen LogP contribution in [0, 0.1) is 5.41 Å². The van der Waals surface area contributed by atoms with Gasteiger partial charge < -0.3 is 0 Å². The molecule has 3 heterocycles. The number of pyridine rings is 2. The van der Waals surface area contributed by atoms with Crippen molar-refractivity contribution in [3.05, 3.63) is 102 Å². The van der Waals surface area contributed by atoms with Gasteiger partial charge in [-0.05, 0) is 57.7 Å². The molecule has 2 aromatic carbocycles. The Morgan fingerprint density at radius 2 is 1.13 bits per heavy atom. The Morgan fingerprint density at radius 3 is 1.79 bits per heavy atom. The Kier molecular flexibility index (Phi) is 5.72. The second-order valence-corrected chi connectivity index (χ2v) is 12.0. The smallest absolute Gasteiger partial charge is 0.182 e. The van der Waals surface area contributed by atoms with E-state index < -0.39 is 0 Å². The minimum atomic E-state index is 0.0440. The molecule has 3 aromatic heterocycles. The number of rotatable bonds is 4. The van der Waals surface area contributed by atoms with Crippen molar-refractivity contribution >= 4 is 0 Å². The van der Waals surface area contributed by atoms with E-state index in [1.165, 1.54) is 11.1 Å². The Morgan fingerprint density at radius 1 is 0.487 bits per heavy atom. The number of hydrogen-bond acceptors (Lipinski definition) is 5. The topological polar surface area (TPSA) is 64.5 Å². The molecule has 0 saturated carbocycles. The van der Waals surface area contributed by atoms with Crippen LogP contribution in [0.3, 0.4) is 0 Å². The lowest BCUT2D eigenvalue weighted by Crippen LogP contribution is -2.42. The maximum absolute atomic E-state index is 4.86. The van der Waals surface area contributed by atoms with E-state index in [4.69, 9.17) is 19.9 Å². The fourth-order valence-electron chi connectivity index (χ4n) is 5.75. The quantitative estimate of drug-likeness (QED) is 0.245. The van der Waals surface area contributed by atoms with Crippen LogP contribution in [-0.2, 0) is 10.8 Å². The van der Waals surface area contributed by atoms with Gasteiger partial charge in [-0.3, -0.25) is 9.97 Å². The summed E-state index contributed by atoms with van der Waals surface area (Å²) in [6, 6.07) is 26.6.